The van der Waals surface area contributed by atoms with Gasteiger partial charge in [-0.2, -0.15) is 0 Å². The first-order chi connectivity index (χ1) is 14.4. The van der Waals surface area contributed by atoms with Crippen molar-refractivity contribution in [2.75, 3.05) is 21.3 Å². The van der Waals surface area contributed by atoms with Crippen LogP contribution >= 0.6 is 0 Å². The third-order valence-electron chi connectivity index (χ3n) is 3.69. The summed E-state index contributed by atoms with van der Waals surface area (Å²) in [7, 11) is 4.67. The Balaban J connectivity index is 0.000000789. The highest BCUT2D eigenvalue weighted by Crippen LogP contribution is 2.15. The Morgan fingerprint density at radius 2 is 1.73 bits per heavy atom. The van der Waals surface area contributed by atoms with Crippen LogP contribution in [0.3, 0.4) is 0 Å². The molecule has 0 fully saturated rings. The van der Waals surface area contributed by atoms with Gasteiger partial charge in [0.1, 0.15) is 19.4 Å². The fraction of sp³-hybridized carbons (Fsp3) is 0.364. The van der Waals surface area contributed by atoms with Gasteiger partial charge in [0.05, 0.1) is 12.8 Å². The fourth-order valence-electron chi connectivity index (χ4n) is 2.15. The quantitative estimate of drug-likeness (QED) is 0.422. The summed E-state index contributed by atoms with van der Waals surface area (Å²) in [5.74, 6) is 0.566. The average molecular weight is 417 g/mol. The summed E-state index contributed by atoms with van der Waals surface area (Å²) in [6, 6.07) is 11.8. The Hall–Kier alpha value is -3.42. The molecule has 8 nitrogen and oxygen atoms in total. The minimum atomic E-state index is 0.458. The number of carbonyl (C=O) groups is 1. The van der Waals surface area contributed by atoms with E-state index >= 15 is 0 Å². The monoisotopic (exact) mass is 416 g/mol. The number of ether oxygens (including phenoxy) is 1. The van der Waals surface area contributed by atoms with Crippen LogP contribution in [0.25, 0.3) is 0 Å². The highest BCUT2D eigenvalue weighted by molar-refractivity contribution is 5.96. The lowest BCUT2D eigenvalue weighted by Gasteiger charge is -2.08. The molecule has 2 rings (SSSR count). The maximum Gasteiger partial charge on any atom is 0.213 e. The Morgan fingerprint density at radius 1 is 1.13 bits per heavy atom. The van der Waals surface area contributed by atoms with Gasteiger partial charge in [-0.25, -0.2) is 4.98 Å². The van der Waals surface area contributed by atoms with E-state index in [2.05, 4.69) is 51.4 Å². The van der Waals surface area contributed by atoms with Crippen molar-refractivity contribution in [3.8, 4) is 5.88 Å². The molecule has 0 atom stereocenters. The van der Waals surface area contributed by atoms with Gasteiger partial charge in [-0.05, 0) is 50.5 Å². The second-order valence-corrected chi connectivity index (χ2v) is 5.84. The van der Waals surface area contributed by atoms with Crippen molar-refractivity contribution in [2.24, 2.45) is 10.3 Å². The van der Waals surface area contributed by atoms with Crippen LogP contribution in [-0.4, -0.2) is 44.6 Å². The van der Waals surface area contributed by atoms with E-state index in [4.69, 9.17) is 14.4 Å². The van der Waals surface area contributed by atoms with Crippen LogP contribution in [0.4, 0.5) is 0 Å². The van der Waals surface area contributed by atoms with E-state index in [9.17, 15) is 0 Å². The van der Waals surface area contributed by atoms with Gasteiger partial charge < -0.3 is 19.7 Å². The van der Waals surface area contributed by atoms with Crippen molar-refractivity contribution in [1.29, 1.82) is 0 Å². The van der Waals surface area contributed by atoms with Gasteiger partial charge in [-0.1, -0.05) is 29.4 Å². The van der Waals surface area contributed by atoms with E-state index in [1.807, 2.05) is 25.1 Å². The number of nitrogens with one attached hydrogen (secondary N) is 1. The molecule has 0 aliphatic carbocycles. The summed E-state index contributed by atoms with van der Waals surface area (Å²) in [5.41, 5.74) is 5.06. The van der Waals surface area contributed by atoms with Gasteiger partial charge in [-0.3, -0.25) is 4.79 Å². The van der Waals surface area contributed by atoms with Crippen LogP contribution in [0.5, 0.6) is 5.88 Å². The van der Waals surface area contributed by atoms with E-state index in [1.54, 1.807) is 33.4 Å². The molecule has 8 heteroatoms. The summed E-state index contributed by atoms with van der Waals surface area (Å²) in [4.78, 5) is 23.1. The highest BCUT2D eigenvalue weighted by Gasteiger charge is 2.04. The normalized spacial score (nSPS) is 10.2. The Bertz CT molecular complexity index is 787. The van der Waals surface area contributed by atoms with Crippen molar-refractivity contribution >= 4 is 18.3 Å². The van der Waals surface area contributed by atoms with Gasteiger partial charge >= 0.3 is 0 Å². The summed E-state index contributed by atoms with van der Waals surface area (Å²) >= 11 is 0. The van der Waals surface area contributed by atoms with Crippen LogP contribution in [0.2, 0.25) is 0 Å². The van der Waals surface area contributed by atoms with Crippen LogP contribution in [0, 0.1) is 13.8 Å². The first kappa shape index (κ1) is 26.6. The number of amides is 1. The molecular formula is C22H32N4O4. The summed E-state index contributed by atoms with van der Waals surface area (Å²) in [6.07, 6.45) is 2.21. The summed E-state index contributed by atoms with van der Waals surface area (Å²) < 4.78 is 5.10. The predicted molar refractivity (Wildman–Crippen MR) is 120 cm³/mol. The number of aromatic nitrogens is 1. The number of benzene rings is 1. The van der Waals surface area contributed by atoms with Gasteiger partial charge in [0, 0.05) is 19.3 Å². The molecule has 1 aromatic heterocycles. The first-order valence-electron chi connectivity index (χ1n) is 9.30. The lowest BCUT2D eigenvalue weighted by molar-refractivity contribution is -0.109. The lowest BCUT2D eigenvalue weighted by Crippen LogP contribution is -2.02. The number of aryl methyl sites for hydroxylation is 2. The van der Waals surface area contributed by atoms with E-state index in [-0.39, 0.29) is 0 Å². The average Bonchev–Trinajstić information content (AvgIpc) is 2.77. The zero-order valence-corrected chi connectivity index (χ0v) is 18.8. The second kappa shape index (κ2) is 16.5. The topological polar surface area (TPSA) is 94.4 Å². The van der Waals surface area contributed by atoms with Crippen LogP contribution in [0.15, 0.2) is 46.7 Å². The minimum absolute atomic E-state index is 0.458. The molecule has 164 valence electrons. The van der Waals surface area contributed by atoms with E-state index in [0.29, 0.717) is 18.9 Å². The number of pyridine rings is 1. The second-order valence-electron chi connectivity index (χ2n) is 5.84. The van der Waals surface area contributed by atoms with E-state index in [1.165, 1.54) is 23.8 Å². The summed E-state index contributed by atoms with van der Waals surface area (Å²) in [5, 5.41) is 9.74. The molecule has 0 saturated carbocycles. The molecule has 2 aromatic rings. The van der Waals surface area contributed by atoms with E-state index < -0.39 is 0 Å². The number of nitrogens with zero attached hydrogens (tertiary/aromatic N) is 3. The zero-order valence-electron chi connectivity index (χ0n) is 18.8. The molecule has 0 unspecified atom stereocenters. The summed E-state index contributed by atoms with van der Waals surface area (Å²) in [6.45, 7) is 8.27. The van der Waals surface area contributed by atoms with Gasteiger partial charge in [0.15, 0.2) is 0 Å². The smallest absolute Gasteiger partial charge is 0.213 e. The molecule has 1 heterocycles. The van der Waals surface area contributed by atoms with Crippen LogP contribution in [0.1, 0.15) is 36.2 Å². The molecule has 1 amide bonds. The minimum Gasteiger partial charge on any atom is -0.481 e. The predicted octanol–water partition coefficient (Wildman–Crippen LogP) is 3.65. The number of oxime groups is 2. The molecular weight excluding hydrogens is 384 g/mol. The Morgan fingerprint density at radius 3 is 2.20 bits per heavy atom. The SMILES string of the molecule is C/C=N/OC.CNC=O.COc1cccc(/C(C)=N/OCc2c(C)cccc2C)n1. The number of rotatable bonds is 7. The number of hydrogen-bond acceptors (Lipinski definition) is 7. The Kier molecular flexibility index (Phi) is 14.6. The maximum absolute atomic E-state index is 9.06. The first-order valence-corrected chi connectivity index (χ1v) is 9.30. The molecule has 0 radical (unpaired) electrons. The number of hydrogen-bond donors (Lipinski definition) is 1. The largest absolute Gasteiger partial charge is 0.481 e. The molecule has 0 saturated heterocycles. The fourth-order valence-corrected chi connectivity index (χ4v) is 2.15. The molecule has 1 N–H and O–H groups in total. The Labute approximate surface area is 178 Å². The molecule has 0 aliphatic rings. The van der Waals surface area contributed by atoms with Gasteiger partial charge in [0.25, 0.3) is 0 Å². The molecule has 0 bridgehead atoms. The molecule has 1 aromatic carbocycles. The third-order valence-corrected chi connectivity index (χ3v) is 3.69. The van der Waals surface area contributed by atoms with E-state index in [0.717, 1.165) is 11.4 Å². The highest BCUT2D eigenvalue weighted by atomic mass is 16.6. The van der Waals surface area contributed by atoms with Crippen molar-refractivity contribution in [1.82, 2.24) is 10.3 Å². The zero-order chi connectivity index (χ0) is 22.8. The van der Waals surface area contributed by atoms with Gasteiger partial charge in [-0.15, -0.1) is 5.16 Å². The maximum atomic E-state index is 9.06. The molecule has 0 aliphatic heterocycles. The molecule has 30 heavy (non-hydrogen) atoms. The standard InChI is InChI=1S/C17H20N2O2.C3H7NO.C2H5NO/c1-12-7-5-8-13(2)15(12)11-21-19-14(3)16-9-6-10-17(18-16)20-4;1-3-4-5-2;1-3-2-4/h5-10H,11H2,1-4H3;3H,1-2H3;2H,1H3,(H,3,4)/b19-14+;4-3+;. The number of carbonyl (C=O) groups excluding carboxylic acids is 1. The van der Waals surface area contributed by atoms with Crippen molar-refractivity contribution < 1.29 is 19.2 Å². The van der Waals surface area contributed by atoms with Gasteiger partial charge in [0.2, 0.25) is 12.3 Å². The molecule has 0 spiro atoms. The lowest BCUT2D eigenvalue weighted by atomic mass is 10.0. The van der Waals surface area contributed by atoms with Crippen molar-refractivity contribution in [3.05, 3.63) is 58.8 Å². The van der Waals surface area contributed by atoms with Crippen molar-refractivity contribution in [3.63, 3.8) is 0 Å². The van der Waals surface area contributed by atoms with Crippen LogP contribution in [-0.2, 0) is 21.1 Å². The van der Waals surface area contributed by atoms with Crippen molar-refractivity contribution in [2.45, 2.75) is 34.3 Å². The van der Waals surface area contributed by atoms with Crippen LogP contribution < -0.4 is 10.1 Å². The number of methoxy groups -OCH3 is 1. The third kappa shape index (κ3) is 10.8.